The molecular weight excluding hydrogens is 376 g/mol. The molecule has 0 aromatic heterocycles. The second kappa shape index (κ2) is 6.67. The number of carbonyl (C=O) groups excluding carboxylic acids is 1. The highest BCUT2D eigenvalue weighted by Gasteiger charge is 2.61. The summed E-state index contributed by atoms with van der Waals surface area (Å²) in [6.45, 7) is 4.30. The van der Waals surface area contributed by atoms with E-state index in [1.54, 1.807) is 42.5 Å². The van der Waals surface area contributed by atoms with Crippen molar-refractivity contribution < 1.29 is 17.9 Å². The van der Waals surface area contributed by atoms with Crippen molar-refractivity contribution in [1.29, 1.82) is 0 Å². The van der Waals surface area contributed by atoms with Crippen molar-refractivity contribution in [3.8, 4) is 0 Å². The van der Waals surface area contributed by atoms with Gasteiger partial charge in [-0.2, -0.15) is 0 Å². The summed E-state index contributed by atoms with van der Waals surface area (Å²) in [5.41, 5.74) is 0.978. The molecule has 146 valence electrons. The summed E-state index contributed by atoms with van der Waals surface area (Å²) in [5, 5.41) is 0. The van der Waals surface area contributed by atoms with E-state index in [1.165, 1.54) is 16.3 Å². The molecule has 1 saturated heterocycles. The molecule has 2 heterocycles. The molecule has 4 rings (SSSR count). The predicted molar refractivity (Wildman–Crippen MR) is 107 cm³/mol. The second-order valence-electron chi connectivity index (χ2n) is 7.07. The van der Waals surface area contributed by atoms with Gasteiger partial charge in [0.05, 0.1) is 17.7 Å². The van der Waals surface area contributed by atoms with Gasteiger partial charge in [0.15, 0.2) is 0 Å². The molecule has 0 radical (unpaired) electrons. The Labute approximate surface area is 165 Å². The van der Waals surface area contributed by atoms with E-state index in [2.05, 4.69) is 6.58 Å². The molecule has 7 heteroatoms. The second-order valence-corrected chi connectivity index (χ2v) is 8.88. The van der Waals surface area contributed by atoms with Crippen molar-refractivity contribution in [2.45, 2.75) is 29.3 Å². The highest BCUT2D eigenvalue weighted by molar-refractivity contribution is 7.92. The minimum absolute atomic E-state index is 0.191. The summed E-state index contributed by atoms with van der Waals surface area (Å²) in [7, 11) is -2.57. The van der Waals surface area contributed by atoms with Gasteiger partial charge in [0.1, 0.15) is 6.17 Å². The largest absolute Gasteiger partial charge is 0.453 e. The lowest BCUT2D eigenvalue weighted by atomic mass is 9.76. The van der Waals surface area contributed by atoms with Crippen LogP contribution in [0.4, 0.5) is 10.5 Å². The molecule has 2 atom stereocenters. The van der Waals surface area contributed by atoms with E-state index in [0.717, 1.165) is 5.56 Å². The highest BCUT2D eigenvalue weighted by Crippen LogP contribution is 2.55. The molecule has 1 fully saturated rings. The predicted octanol–water partition coefficient (Wildman–Crippen LogP) is 3.51. The van der Waals surface area contributed by atoms with Gasteiger partial charge in [-0.1, -0.05) is 42.5 Å². The first kappa shape index (κ1) is 18.6. The van der Waals surface area contributed by atoms with E-state index in [1.807, 2.05) is 18.2 Å². The van der Waals surface area contributed by atoms with Crippen LogP contribution in [-0.4, -0.2) is 39.2 Å². The first-order chi connectivity index (χ1) is 13.5. The average molecular weight is 398 g/mol. The number of allylic oxidation sites excluding steroid dienone is 1. The van der Waals surface area contributed by atoms with Crippen LogP contribution in [0.2, 0.25) is 0 Å². The number of fused-ring (bicyclic) bond motifs is 3. The van der Waals surface area contributed by atoms with Crippen LogP contribution in [0, 0.1) is 0 Å². The number of carbonyl (C=O) groups is 1. The number of anilines is 1. The van der Waals surface area contributed by atoms with Crippen LogP contribution < -0.4 is 4.31 Å². The molecule has 0 saturated carbocycles. The molecule has 6 nitrogen and oxygen atoms in total. The number of rotatable bonds is 4. The van der Waals surface area contributed by atoms with E-state index in [4.69, 9.17) is 4.74 Å². The van der Waals surface area contributed by atoms with Crippen LogP contribution in [0.15, 0.2) is 72.1 Å². The van der Waals surface area contributed by atoms with Crippen molar-refractivity contribution >= 4 is 21.8 Å². The van der Waals surface area contributed by atoms with Gasteiger partial charge in [-0.3, -0.25) is 4.90 Å². The van der Waals surface area contributed by atoms with Crippen molar-refractivity contribution in [2.75, 3.05) is 18.0 Å². The summed E-state index contributed by atoms with van der Waals surface area (Å²) < 4.78 is 33.7. The molecule has 0 unspecified atom stereocenters. The molecule has 28 heavy (non-hydrogen) atoms. The minimum Gasteiger partial charge on any atom is -0.453 e. The Morgan fingerprint density at radius 1 is 1.21 bits per heavy atom. The van der Waals surface area contributed by atoms with E-state index < -0.39 is 27.7 Å². The minimum atomic E-state index is -3.89. The fourth-order valence-electron chi connectivity index (χ4n) is 4.56. The Hall–Kier alpha value is -2.80. The van der Waals surface area contributed by atoms with E-state index in [0.29, 0.717) is 25.1 Å². The quantitative estimate of drug-likeness (QED) is 0.739. The molecule has 0 bridgehead atoms. The summed E-state index contributed by atoms with van der Waals surface area (Å²) in [4.78, 5) is 14.2. The summed E-state index contributed by atoms with van der Waals surface area (Å²) in [5.74, 6) is 0. The third kappa shape index (κ3) is 2.46. The van der Waals surface area contributed by atoms with E-state index in [9.17, 15) is 13.2 Å². The van der Waals surface area contributed by atoms with Crippen LogP contribution in [-0.2, 0) is 20.2 Å². The number of amides is 1. The molecule has 2 aromatic rings. The first-order valence-corrected chi connectivity index (χ1v) is 10.6. The number of para-hydroxylation sites is 1. The topological polar surface area (TPSA) is 66.9 Å². The molecule has 2 aliphatic heterocycles. The van der Waals surface area contributed by atoms with Crippen LogP contribution in [0.25, 0.3) is 0 Å². The maximum absolute atomic E-state index is 13.7. The van der Waals surface area contributed by atoms with E-state index in [-0.39, 0.29) is 4.90 Å². The lowest BCUT2D eigenvalue weighted by molar-refractivity contribution is 0.115. The number of ether oxygens (including phenoxy) is 1. The number of sulfonamides is 1. The fourth-order valence-corrected chi connectivity index (χ4v) is 6.29. The molecule has 2 aliphatic rings. The zero-order chi connectivity index (χ0) is 19.9. The number of hydrogen-bond acceptors (Lipinski definition) is 4. The molecule has 1 amide bonds. The Bertz CT molecular complexity index is 1020. The first-order valence-electron chi connectivity index (χ1n) is 9.12. The third-order valence-electron chi connectivity index (χ3n) is 5.71. The lowest BCUT2D eigenvalue weighted by Gasteiger charge is -2.36. The van der Waals surface area contributed by atoms with Gasteiger partial charge in [0, 0.05) is 12.0 Å². The Kier molecular flexibility index (Phi) is 4.42. The fraction of sp³-hybridized carbons (Fsp3) is 0.286. The van der Waals surface area contributed by atoms with Gasteiger partial charge in [-0.05, 0) is 36.6 Å². The van der Waals surface area contributed by atoms with Crippen molar-refractivity contribution in [3.63, 3.8) is 0 Å². The number of benzene rings is 2. The van der Waals surface area contributed by atoms with Crippen LogP contribution in [0.3, 0.4) is 0 Å². The van der Waals surface area contributed by atoms with Crippen molar-refractivity contribution in [3.05, 3.63) is 72.8 Å². The zero-order valence-electron chi connectivity index (χ0n) is 15.6. The smallest absolute Gasteiger partial charge is 0.411 e. The Morgan fingerprint density at radius 3 is 2.57 bits per heavy atom. The van der Waals surface area contributed by atoms with Crippen LogP contribution >= 0.6 is 0 Å². The summed E-state index contributed by atoms with van der Waals surface area (Å²) in [6.07, 6.45) is 1.76. The van der Waals surface area contributed by atoms with Crippen LogP contribution in [0.1, 0.15) is 18.4 Å². The molecular formula is C21H22N2O4S. The Balaban J connectivity index is 1.96. The van der Waals surface area contributed by atoms with E-state index >= 15 is 0 Å². The van der Waals surface area contributed by atoms with Gasteiger partial charge < -0.3 is 4.74 Å². The molecule has 2 aromatic carbocycles. The van der Waals surface area contributed by atoms with Gasteiger partial charge >= 0.3 is 6.09 Å². The van der Waals surface area contributed by atoms with Gasteiger partial charge in [0.2, 0.25) is 0 Å². The van der Waals surface area contributed by atoms with Crippen molar-refractivity contribution in [1.82, 2.24) is 4.90 Å². The Morgan fingerprint density at radius 2 is 1.89 bits per heavy atom. The molecule has 0 spiro atoms. The van der Waals surface area contributed by atoms with Gasteiger partial charge in [-0.15, -0.1) is 6.58 Å². The van der Waals surface area contributed by atoms with Gasteiger partial charge in [-0.25, -0.2) is 17.5 Å². The van der Waals surface area contributed by atoms with Crippen molar-refractivity contribution in [2.24, 2.45) is 0 Å². The standard InChI is InChI=1S/C21H22N2O4S/c1-3-13-21-14-15-22(20(24)27-2)19(21)23(18-12-8-7-11-17(18)21)28(25,26)16-9-5-4-6-10-16/h3-12,19H,1,13-15H2,2H3/t19-,21+/m0/s1. The number of nitrogens with zero attached hydrogens (tertiary/aromatic N) is 2. The maximum atomic E-state index is 13.7. The SMILES string of the molecule is C=CC[C@]12CCN(C(=O)OC)[C@H]1N(S(=O)(=O)c1ccccc1)c1ccccc12. The summed E-state index contributed by atoms with van der Waals surface area (Å²) in [6, 6.07) is 15.8. The number of methoxy groups -OCH3 is 1. The number of hydrogen-bond donors (Lipinski definition) is 0. The maximum Gasteiger partial charge on any atom is 0.411 e. The lowest BCUT2D eigenvalue weighted by Crippen LogP contribution is -2.53. The normalized spacial score (nSPS) is 23.2. The number of likely N-dealkylation sites (tertiary alicyclic amines) is 1. The van der Waals surface area contributed by atoms with Gasteiger partial charge in [0.25, 0.3) is 10.0 Å². The average Bonchev–Trinajstić information content (AvgIpc) is 3.21. The molecule has 0 aliphatic carbocycles. The highest BCUT2D eigenvalue weighted by atomic mass is 32.2. The van der Waals surface area contributed by atoms with Crippen LogP contribution in [0.5, 0.6) is 0 Å². The zero-order valence-corrected chi connectivity index (χ0v) is 16.4. The third-order valence-corrected chi connectivity index (χ3v) is 7.49. The monoisotopic (exact) mass is 398 g/mol. The molecule has 0 N–H and O–H groups in total. The summed E-state index contributed by atoms with van der Waals surface area (Å²) >= 11 is 0.